The molecule has 0 saturated heterocycles. The lowest BCUT2D eigenvalue weighted by Gasteiger charge is -2.02. The molecule has 0 saturated carbocycles. The third-order valence-electron chi connectivity index (χ3n) is 1.31. The average molecular weight is 217 g/mol. The Morgan fingerprint density at radius 2 is 1.91 bits per heavy atom. The topological polar surface area (TPSA) is 37.3 Å². The normalized spacial score (nSPS) is 12.5. The lowest BCUT2D eigenvalue weighted by Crippen LogP contribution is -2.03. The Kier molecular flexibility index (Phi) is 2.65. The molecule has 3 heteroatoms. The van der Waals surface area contributed by atoms with Gasteiger partial charge in [0.25, 0.3) is 0 Å². The van der Waals surface area contributed by atoms with Gasteiger partial charge in [0.2, 0.25) is 0 Å². The fourth-order valence-corrected chi connectivity index (χ4v) is 1.07. The molecule has 0 spiro atoms. The minimum atomic E-state index is -0.865. The van der Waals surface area contributed by atoms with E-state index in [2.05, 4.69) is 15.9 Å². The van der Waals surface area contributed by atoms with Crippen molar-refractivity contribution in [3.8, 4) is 0 Å². The van der Waals surface area contributed by atoms with Crippen molar-refractivity contribution < 1.29 is 9.90 Å². The van der Waals surface area contributed by atoms with Crippen LogP contribution in [0.15, 0.2) is 30.3 Å². The number of carbonyl (C=O) groups is 1. The second-order valence-corrected chi connectivity index (χ2v) is 3.03. The summed E-state index contributed by atoms with van der Waals surface area (Å²) in [5, 5.41) is 8.59. The van der Waals surface area contributed by atoms with E-state index in [-0.39, 0.29) is 0 Å². The van der Waals surface area contributed by atoms with Crippen molar-refractivity contribution in [2.24, 2.45) is 0 Å². The van der Waals surface area contributed by atoms with Crippen molar-refractivity contribution in [2.45, 2.75) is 4.83 Å². The summed E-state index contributed by atoms with van der Waals surface area (Å²) in [6.07, 6.45) is 0. The van der Waals surface area contributed by atoms with Crippen molar-refractivity contribution in [2.75, 3.05) is 0 Å². The molecule has 1 N–H and O–H groups in total. The van der Waals surface area contributed by atoms with Crippen molar-refractivity contribution in [3.05, 3.63) is 35.9 Å². The molecule has 1 aromatic carbocycles. The van der Waals surface area contributed by atoms with Crippen LogP contribution in [-0.2, 0) is 4.79 Å². The van der Waals surface area contributed by atoms with Gasteiger partial charge in [-0.15, -0.1) is 0 Å². The van der Waals surface area contributed by atoms with Crippen LogP contribution in [-0.4, -0.2) is 11.1 Å². The van der Waals surface area contributed by atoms with Gasteiger partial charge < -0.3 is 5.11 Å². The Labute approximate surface area is 73.0 Å². The summed E-state index contributed by atoms with van der Waals surface area (Å²) in [6.45, 7) is 0. The van der Waals surface area contributed by atoms with E-state index < -0.39 is 10.8 Å². The molecule has 11 heavy (non-hydrogen) atoms. The van der Waals surface area contributed by atoms with E-state index in [1.165, 1.54) is 0 Å². The number of aliphatic carboxylic acids is 1. The average Bonchev–Trinajstić information content (AvgIpc) is 2.05. The molecule has 0 radical (unpaired) electrons. The van der Waals surface area contributed by atoms with Crippen LogP contribution in [0.1, 0.15) is 10.4 Å². The highest BCUT2D eigenvalue weighted by molar-refractivity contribution is 9.09. The summed E-state index contributed by atoms with van der Waals surface area (Å²) < 4.78 is 0. The molecule has 0 bridgehead atoms. The Morgan fingerprint density at radius 3 is 2.36 bits per heavy atom. The minimum absolute atomic E-state index is 0.594. The molecule has 1 unspecified atom stereocenters. The first-order valence-corrected chi connectivity index (χ1v) is 4.05. The van der Waals surface area contributed by atoms with Crippen LogP contribution < -0.4 is 0 Å². The molecule has 1 rings (SSSR count). The number of halogens is 1. The van der Waals surface area contributed by atoms with Crippen LogP contribution in [0, 0.1) is 0 Å². The SMILES string of the molecule is O=[14C](O)C(Br)c1ccccc1. The smallest absolute Gasteiger partial charge is 0.321 e. The summed E-state index contributed by atoms with van der Waals surface area (Å²) in [4.78, 5) is 9.86. The molecule has 1 aromatic rings. The number of hydrogen-bond donors (Lipinski definition) is 1. The van der Waals surface area contributed by atoms with Gasteiger partial charge in [0.15, 0.2) is 0 Å². The first-order valence-electron chi connectivity index (χ1n) is 3.13. The van der Waals surface area contributed by atoms with Gasteiger partial charge >= 0.3 is 5.97 Å². The summed E-state index contributed by atoms with van der Waals surface area (Å²) in [5.74, 6) is -0.865. The van der Waals surface area contributed by atoms with Crippen LogP contribution in [0.25, 0.3) is 0 Å². The third kappa shape index (κ3) is 2.05. The van der Waals surface area contributed by atoms with Crippen molar-refractivity contribution in [3.63, 3.8) is 0 Å². The molecule has 0 heterocycles. The van der Waals surface area contributed by atoms with E-state index in [1.54, 1.807) is 12.1 Å². The molecular weight excluding hydrogens is 210 g/mol. The molecule has 1 atom stereocenters. The van der Waals surface area contributed by atoms with E-state index in [9.17, 15) is 4.79 Å². The van der Waals surface area contributed by atoms with Crippen molar-refractivity contribution >= 4 is 21.9 Å². The van der Waals surface area contributed by atoms with E-state index >= 15 is 0 Å². The summed E-state index contributed by atoms with van der Waals surface area (Å²) in [6, 6.07) is 9.02. The number of alkyl halides is 1. The van der Waals surface area contributed by atoms with Gasteiger partial charge in [-0.05, 0) is 5.56 Å². The van der Waals surface area contributed by atoms with Crippen LogP contribution in [0.2, 0.25) is 0 Å². The standard InChI is InChI=1S/C8H7BrO2/c9-7(8(10)11)6-4-2-1-3-5-6/h1-5,7H,(H,10,11)/i8+2. The van der Waals surface area contributed by atoms with E-state index in [0.717, 1.165) is 5.56 Å². The number of carboxylic acid groups (broad SMARTS) is 1. The van der Waals surface area contributed by atoms with E-state index in [4.69, 9.17) is 5.11 Å². The number of hydrogen-bond acceptors (Lipinski definition) is 1. The maximum absolute atomic E-state index is 10.5. The number of carboxylic acids is 1. The second-order valence-electron chi connectivity index (χ2n) is 2.11. The Bertz CT molecular complexity index is 246. The predicted octanol–water partition coefficient (Wildman–Crippen LogP) is 2.21. The van der Waals surface area contributed by atoms with Crippen LogP contribution in [0.5, 0.6) is 0 Å². The Hall–Kier alpha value is -0.830. The zero-order chi connectivity index (χ0) is 8.27. The van der Waals surface area contributed by atoms with Crippen LogP contribution >= 0.6 is 15.9 Å². The summed E-state index contributed by atoms with van der Waals surface area (Å²) >= 11 is 3.05. The van der Waals surface area contributed by atoms with E-state index in [0.29, 0.717) is 0 Å². The molecule has 58 valence electrons. The van der Waals surface area contributed by atoms with Gasteiger partial charge in [-0.2, -0.15) is 0 Å². The van der Waals surface area contributed by atoms with Gasteiger partial charge in [0, 0.05) is 0 Å². The van der Waals surface area contributed by atoms with Gasteiger partial charge in [0.05, 0.1) is 0 Å². The molecular formula is C8H7BrO2. The van der Waals surface area contributed by atoms with Gasteiger partial charge in [0.1, 0.15) is 4.83 Å². The molecule has 0 aliphatic rings. The maximum Gasteiger partial charge on any atom is 0.321 e. The minimum Gasteiger partial charge on any atom is -0.480 e. The van der Waals surface area contributed by atoms with Gasteiger partial charge in [-0.3, -0.25) is 4.79 Å². The number of benzene rings is 1. The fraction of sp³-hybridized carbons (Fsp3) is 0.125. The fourth-order valence-electron chi connectivity index (χ4n) is 0.765. The quantitative estimate of drug-likeness (QED) is 0.771. The molecule has 0 aromatic heterocycles. The van der Waals surface area contributed by atoms with Crippen LogP contribution in [0.4, 0.5) is 0 Å². The largest absolute Gasteiger partial charge is 0.480 e. The molecule has 2 nitrogen and oxygen atoms in total. The maximum atomic E-state index is 10.5. The Balaban J connectivity index is 2.85. The molecule has 0 fully saturated rings. The summed E-state index contributed by atoms with van der Waals surface area (Å²) in [7, 11) is 0. The first kappa shape index (κ1) is 8.27. The zero-order valence-corrected chi connectivity index (χ0v) is 7.28. The lowest BCUT2D eigenvalue weighted by atomic mass is 10.2. The van der Waals surface area contributed by atoms with Crippen LogP contribution in [0.3, 0.4) is 0 Å². The second kappa shape index (κ2) is 3.53. The summed E-state index contributed by atoms with van der Waals surface area (Å²) in [5.41, 5.74) is 0.764. The monoisotopic (exact) mass is 216 g/mol. The Morgan fingerprint density at radius 1 is 1.36 bits per heavy atom. The third-order valence-corrected chi connectivity index (χ3v) is 2.23. The predicted molar refractivity (Wildman–Crippen MR) is 45.7 cm³/mol. The van der Waals surface area contributed by atoms with Gasteiger partial charge in [-0.25, -0.2) is 0 Å². The lowest BCUT2D eigenvalue weighted by molar-refractivity contribution is -0.136. The molecule has 0 aliphatic heterocycles. The molecule has 0 amide bonds. The molecule has 0 aliphatic carbocycles. The van der Waals surface area contributed by atoms with Gasteiger partial charge in [-0.1, -0.05) is 46.3 Å². The highest BCUT2D eigenvalue weighted by Gasteiger charge is 2.13. The number of rotatable bonds is 2. The first-order chi connectivity index (χ1) is 5.22. The highest BCUT2D eigenvalue weighted by atomic mass is 79.9. The highest BCUT2D eigenvalue weighted by Crippen LogP contribution is 2.21. The zero-order valence-electron chi connectivity index (χ0n) is 5.70. The van der Waals surface area contributed by atoms with Crippen molar-refractivity contribution in [1.82, 2.24) is 0 Å². The van der Waals surface area contributed by atoms with Crippen molar-refractivity contribution in [1.29, 1.82) is 0 Å². The van der Waals surface area contributed by atoms with E-state index in [1.807, 2.05) is 18.2 Å².